The van der Waals surface area contributed by atoms with E-state index in [4.69, 9.17) is 0 Å². The number of hydrogen-bond donors (Lipinski definition) is 0. The van der Waals surface area contributed by atoms with Crippen LogP contribution in [0.5, 0.6) is 0 Å². The highest BCUT2D eigenvalue weighted by molar-refractivity contribution is 7.07. The Labute approximate surface area is 104 Å². The number of aromatic nitrogens is 1. The number of rotatable bonds is 2. The van der Waals surface area contributed by atoms with E-state index in [1.54, 1.807) is 17.5 Å². The average molecular weight is 244 g/mol. The van der Waals surface area contributed by atoms with Gasteiger partial charge in [0.15, 0.2) is 0 Å². The molecule has 0 aromatic carbocycles. The van der Waals surface area contributed by atoms with Gasteiger partial charge >= 0.3 is 0 Å². The Kier molecular flexibility index (Phi) is 2.65. The molecule has 17 heavy (non-hydrogen) atoms. The summed E-state index contributed by atoms with van der Waals surface area (Å²) in [6.45, 7) is 1.35. The Bertz CT molecular complexity index is 511. The first-order chi connectivity index (χ1) is 8.33. The third-order valence-electron chi connectivity index (χ3n) is 2.97. The molecule has 3 rings (SSSR count). The average Bonchev–Trinajstić information content (AvgIpc) is 2.96. The van der Waals surface area contributed by atoms with Gasteiger partial charge in [0.05, 0.1) is 18.7 Å². The molecule has 0 saturated heterocycles. The lowest BCUT2D eigenvalue weighted by Crippen LogP contribution is -2.26. The molecule has 0 bridgehead atoms. The van der Waals surface area contributed by atoms with Gasteiger partial charge in [0.25, 0.3) is 0 Å². The van der Waals surface area contributed by atoms with Crippen molar-refractivity contribution in [2.24, 2.45) is 0 Å². The fourth-order valence-corrected chi connectivity index (χ4v) is 2.72. The predicted octanol–water partition coefficient (Wildman–Crippen LogP) is 2.23. The molecule has 0 unspecified atom stereocenters. The maximum absolute atomic E-state index is 12.1. The Morgan fingerprint density at radius 3 is 3.12 bits per heavy atom. The highest BCUT2D eigenvalue weighted by Gasteiger charge is 2.23. The van der Waals surface area contributed by atoms with E-state index in [0.717, 1.165) is 11.3 Å². The Morgan fingerprint density at radius 2 is 2.35 bits per heavy atom. The summed E-state index contributed by atoms with van der Waals surface area (Å²) in [4.78, 5) is 18.3. The van der Waals surface area contributed by atoms with Gasteiger partial charge in [0.2, 0.25) is 5.91 Å². The zero-order chi connectivity index (χ0) is 11.7. The number of hydrogen-bond acceptors (Lipinski definition) is 3. The number of pyridine rings is 1. The van der Waals surface area contributed by atoms with Crippen LogP contribution in [0.3, 0.4) is 0 Å². The maximum Gasteiger partial charge on any atom is 0.227 e. The van der Waals surface area contributed by atoms with Crippen molar-refractivity contribution < 1.29 is 4.79 Å². The number of thiophene rings is 1. The van der Waals surface area contributed by atoms with Crippen molar-refractivity contribution in [3.8, 4) is 0 Å². The standard InChI is InChI=1S/C13H12N2OS/c16-13(6-10-3-5-17-9-10)15-7-11-2-1-4-14-12(11)8-15/h1-5,9H,6-8H2. The molecule has 0 saturated carbocycles. The minimum atomic E-state index is 0.182. The summed E-state index contributed by atoms with van der Waals surface area (Å²) in [5.41, 5.74) is 3.31. The van der Waals surface area contributed by atoms with Gasteiger partial charge in [-0.15, -0.1) is 0 Å². The largest absolute Gasteiger partial charge is 0.332 e. The summed E-state index contributed by atoms with van der Waals surface area (Å²) in [6.07, 6.45) is 2.28. The molecular weight excluding hydrogens is 232 g/mol. The number of carbonyl (C=O) groups excluding carboxylic acids is 1. The fourth-order valence-electron chi connectivity index (χ4n) is 2.06. The van der Waals surface area contributed by atoms with Gasteiger partial charge in [-0.25, -0.2) is 0 Å². The molecule has 1 amide bonds. The lowest BCUT2D eigenvalue weighted by atomic mass is 10.2. The predicted molar refractivity (Wildman–Crippen MR) is 66.5 cm³/mol. The van der Waals surface area contributed by atoms with E-state index in [1.807, 2.05) is 33.9 Å². The van der Waals surface area contributed by atoms with Crippen molar-refractivity contribution in [1.82, 2.24) is 9.88 Å². The Hall–Kier alpha value is -1.68. The Morgan fingerprint density at radius 1 is 1.41 bits per heavy atom. The third-order valence-corrected chi connectivity index (χ3v) is 3.71. The highest BCUT2D eigenvalue weighted by atomic mass is 32.1. The monoisotopic (exact) mass is 244 g/mol. The van der Waals surface area contributed by atoms with E-state index in [9.17, 15) is 4.79 Å². The molecule has 0 fully saturated rings. The van der Waals surface area contributed by atoms with Gasteiger partial charge in [-0.05, 0) is 34.0 Å². The number of carbonyl (C=O) groups is 1. The summed E-state index contributed by atoms with van der Waals surface area (Å²) in [5.74, 6) is 0.182. The highest BCUT2D eigenvalue weighted by Crippen LogP contribution is 2.21. The molecule has 2 aromatic heterocycles. The number of nitrogens with zero attached hydrogens (tertiary/aromatic N) is 2. The molecule has 1 aliphatic heterocycles. The van der Waals surface area contributed by atoms with E-state index in [0.29, 0.717) is 19.5 Å². The summed E-state index contributed by atoms with van der Waals surface area (Å²) >= 11 is 1.63. The van der Waals surface area contributed by atoms with Crippen LogP contribution < -0.4 is 0 Å². The molecule has 4 heteroatoms. The van der Waals surface area contributed by atoms with Crippen molar-refractivity contribution in [2.75, 3.05) is 0 Å². The van der Waals surface area contributed by atoms with E-state index >= 15 is 0 Å². The zero-order valence-corrected chi connectivity index (χ0v) is 10.1. The fraction of sp³-hybridized carbons (Fsp3) is 0.231. The zero-order valence-electron chi connectivity index (χ0n) is 9.30. The molecule has 0 atom stereocenters. The van der Waals surface area contributed by atoms with Crippen molar-refractivity contribution in [3.05, 3.63) is 52.0 Å². The number of fused-ring (bicyclic) bond motifs is 1. The van der Waals surface area contributed by atoms with Crippen LogP contribution in [-0.2, 0) is 24.3 Å². The molecule has 0 N–H and O–H groups in total. The van der Waals surface area contributed by atoms with E-state index in [2.05, 4.69) is 4.98 Å². The topological polar surface area (TPSA) is 33.2 Å². The van der Waals surface area contributed by atoms with Gasteiger partial charge in [0, 0.05) is 12.7 Å². The van der Waals surface area contributed by atoms with Gasteiger partial charge < -0.3 is 4.90 Å². The van der Waals surface area contributed by atoms with Crippen LogP contribution in [0, 0.1) is 0 Å². The summed E-state index contributed by atoms with van der Waals surface area (Å²) < 4.78 is 0. The molecule has 0 radical (unpaired) electrons. The second kappa shape index (κ2) is 4.30. The molecule has 86 valence electrons. The van der Waals surface area contributed by atoms with Gasteiger partial charge in [-0.3, -0.25) is 9.78 Å². The van der Waals surface area contributed by atoms with Crippen LogP contribution in [0.15, 0.2) is 35.2 Å². The molecule has 3 heterocycles. The molecule has 1 aliphatic rings. The normalized spacial score (nSPS) is 13.8. The SMILES string of the molecule is O=C(Cc1ccsc1)N1Cc2cccnc2C1. The van der Waals surface area contributed by atoms with Crippen molar-refractivity contribution in [3.63, 3.8) is 0 Å². The van der Waals surface area contributed by atoms with Crippen LogP contribution in [0.25, 0.3) is 0 Å². The van der Waals surface area contributed by atoms with E-state index < -0.39 is 0 Å². The van der Waals surface area contributed by atoms with Crippen molar-refractivity contribution >= 4 is 17.2 Å². The number of amides is 1. The molecular formula is C13H12N2OS. The van der Waals surface area contributed by atoms with Crippen LogP contribution in [0.2, 0.25) is 0 Å². The molecule has 0 spiro atoms. The molecule has 2 aromatic rings. The quantitative estimate of drug-likeness (QED) is 0.811. The first-order valence-corrected chi connectivity index (χ1v) is 6.49. The molecule has 0 aliphatic carbocycles. The lowest BCUT2D eigenvalue weighted by Gasteiger charge is -2.14. The van der Waals surface area contributed by atoms with E-state index in [-0.39, 0.29) is 5.91 Å². The van der Waals surface area contributed by atoms with Crippen molar-refractivity contribution in [2.45, 2.75) is 19.5 Å². The van der Waals surface area contributed by atoms with Crippen molar-refractivity contribution in [1.29, 1.82) is 0 Å². The van der Waals surface area contributed by atoms with E-state index in [1.165, 1.54) is 5.56 Å². The Balaban J connectivity index is 1.70. The van der Waals surface area contributed by atoms with Gasteiger partial charge in [-0.2, -0.15) is 11.3 Å². The minimum Gasteiger partial charge on any atom is -0.332 e. The van der Waals surface area contributed by atoms with Crippen LogP contribution in [0.1, 0.15) is 16.8 Å². The second-order valence-electron chi connectivity index (χ2n) is 4.17. The smallest absolute Gasteiger partial charge is 0.227 e. The maximum atomic E-state index is 12.1. The van der Waals surface area contributed by atoms with Crippen LogP contribution in [0.4, 0.5) is 0 Å². The van der Waals surface area contributed by atoms with Crippen LogP contribution >= 0.6 is 11.3 Å². The second-order valence-corrected chi connectivity index (χ2v) is 4.95. The first kappa shape index (κ1) is 10.5. The minimum absolute atomic E-state index is 0.182. The van der Waals surface area contributed by atoms with Crippen LogP contribution in [-0.4, -0.2) is 15.8 Å². The third kappa shape index (κ3) is 2.08. The van der Waals surface area contributed by atoms with Gasteiger partial charge in [0.1, 0.15) is 0 Å². The van der Waals surface area contributed by atoms with Gasteiger partial charge in [-0.1, -0.05) is 6.07 Å². The first-order valence-electron chi connectivity index (χ1n) is 5.54. The summed E-state index contributed by atoms with van der Waals surface area (Å²) in [7, 11) is 0. The molecule has 3 nitrogen and oxygen atoms in total. The lowest BCUT2D eigenvalue weighted by molar-refractivity contribution is -0.131. The summed E-state index contributed by atoms with van der Waals surface area (Å²) in [6, 6.07) is 5.97. The summed E-state index contributed by atoms with van der Waals surface area (Å²) in [5, 5.41) is 4.03.